The van der Waals surface area contributed by atoms with Crippen LogP contribution in [-0.2, 0) is 27.7 Å². The summed E-state index contributed by atoms with van der Waals surface area (Å²) >= 11 is -2.56. The topological polar surface area (TPSA) is 0 Å². The van der Waals surface area contributed by atoms with E-state index in [1.165, 1.54) is 38.9 Å². The van der Waals surface area contributed by atoms with Gasteiger partial charge in [-0.1, -0.05) is 0 Å². The molecule has 0 radical (unpaired) electrons. The molecule has 0 heterocycles. The Kier molecular flexibility index (Phi) is 9.25. The maximum Gasteiger partial charge on any atom is -1.00 e. The van der Waals surface area contributed by atoms with E-state index in [1.807, 2.05) is 0 Å². The quantitative estimate of drug-likeness (QED) is 0.325. The van der Waals surface area contributed by atoms with Crippen molar-refractivity contribution in [2.45, 2.75) is 37.2 Å². The zero-order valence-corrected chi connectivity index (χ0v) is 26.1. The van der Waals surface area contributed by atoms with Crippen molar-refractivity contribution in [1.82, 2.24) is 0 Å². The number of fused-ring (bicyclic) bond motifs is 3. The molecule has 4 aromatic carbocycles. The number of rotatable bonds is 5. The van der Waals surface area contributed by atoms with Gasteiger partial charge in [-0.15, -0.1) is 0 Å². The van der Waals surface area contributed by atoms with Crippen molar-refractivity contribution in [3.8, 4) is 11.1 Å². The van der Waals surface area contributed by atoms with Gasteiger partial charge in [-0.05, 0) is 0 Å². The summed E-state index contributed by atoms with van der Waals surface area (Å²) in [5, 5.41) is 0. The first-order valence-electron chi connectivity index (χ1n) is 13.1. The average molecular weight is 615 g/mol. The van der Waals surface area contributed by atoms with Gasteiger partial charge in [0.05, 0.1) is 0 Å². The van der Waals surface area contributed by atoms with Crippen LogP contribution in [0.5, 0.6) is 0 Å². The van der Waals surface area contributed by atoms with Crippen LogP contribution in [0.2, 0.25) is 0 Å². The van der Waals surface area contributed by atoms with Gasteiger partial charge in [0.25, 0.3) is 0 Å². The number of allylic oxidation sites excluding steroid dienone is 4. The van der Waals surface area contributed by atoms with Crippen LogP contribution in [0.1, 0.15) is 55.9 Å². The normalized spacial score (nSPS) is 13.7. The van der Waals surface area contributed by atoms with Crippen LogP contribution in [0, 0.1) is 13.8 Å². The fraction of sp³-hybridized carbons (Fsp3) is 0.171. The number of hydrogen-bond acceptors (Lipinski definition) is 0. The Morgan fingerprint density at radius 1 is 0.737 bits per heavy atom. The number of halogens is 2. The summed E-state index contributed by atoms with van der Waals surface area (Å²) in [5.74, 6) is 0. The van der Waals surface area contributed by atoms with E-state index in [1.54, 1.807) is 17.6 Å². The molecular weight excluding hydrogens is 583 g/mol. The minimum absolute atomic E-state index is 0. The van der Waals surface area contributed by atoms with Crippen LogP contribution in [0.4, 0.5) is 0 Å². The van der Waals surface area contributed by atoms with Crippen molar-refractivity contribution in [3.63, 3.8) is 0 Å². The smallest absolute Gasteiger partial charge is 1.00 e. The van der Waals surface area contributed by atoms with Crippen molar-refractivity contribution in [1.29, 1.82) is 0 Å². The van der Waals surface area contributed by atoms with Gasteiger partial charge in [-0.2, -0.15) is 0 Å². The van der Waals surface area contributed by atoms with Gasteiger partial charge < -0.3 is 24.8 Å². The van der Waals surface area contributed by atoms with Gasteiger partial charge in [0.15, 0.2) is 0 Å². The minimum Gasteiger partial charge on any atom is -1.00 e. The third-order valence-electron chi connectivity index (χ3n) is 7.71. The Hall–Kier alpha value is -2.31. The molecule has 6 rings (SSSR count). The summed E-state index contributed by atoms with van der Waals surface area (Å²) in [4.78, 5) is 0. The summed E-state index contributed by atoms with van der Waals surface area (Å²) in [6.07, 6.45) is 9.28. The molecule has 4 aromatic rings. The van der Waals surface area contributed by atoms with Gasteiger partial charge in [-0.25, -0.2) is 0 Å². The largest absolute Gasteiger partial charge is 1.00 e. The first kappa shape index (κ1) is 28.7. The monoisotopic (exact) mass is 612 g/mol. The maximum absolute atomic E-state index is 2.56. The van der Waals surface area contributed by atoms with Gasteiger partial charge in [0.2, 0.25) is 0 Å². The molecule has 38 heavy (non-hydrogen) atoms. The molecule has 190 valence electrons. The Morgan fingerprint density at radius 3 is 1.84 bits per heavy atom. The molecule has 0 N–H and O–H groups in total. The summed E-state index contributed by atoms with van der Waals surface area (Å²) in [6.45, 7) is 6.73. The Bertz CT molecular complexity index is 1490. The molecule has 2 aliphatic carbocycles. The van der Waals surface area contributed by atoms with Gasteiger partial charge in [0.1, 0.15) is 0 Å². The standard InChI is InChI=1S/C15H13.C15H14.C5H5.2ClH.Zr/c1-10-3-5-14-12(7-10)9-13-8-11(2)4-6-15(13)14;1-2-13-8-10-15(11-9-13)12-14-6-4-3-5-7-14;1-2-4-5-3-1;;;/h3-9H,1-2H3;3-11H,2H2,1H3;1-3H,4H2;2*1H;/q;;;;;+2/p-2. The molecule has 2 aliphatic rings. The minimum atomic E-state index is -2.56. The number of aryl methyl sites for hydroxylation is 3. The van der Waals surface area contributed by atoms with E-state index in [-0.39, 0.29) is 24.8 Å². The first-order valence-corrected chi connectivity index (χ1v) is 17.0. The van der Waals surface area contributed by atoms with Crippen molar-refractivity contribution < 1.29 is 46.1 Å². The fourth-order valence-corrected chi connectivity index (χ4v) is 14.9. The molecule has 0 nitrogen and oxygen atoms in total. The summed E-state index contributed by atoms with van der Waals surface area (Å²) < 4.78 is 3.80. The van der Waals surface area contributed by atoms with Crippen LogP contribution >= 0.6 is 0 Å². The van der Waals surface area contributed by atoms with Crippen molar-refractivity contribution in [3.05, 3.63) is 151 Å². The maximum atomic E-state index is 2.49. The Morgan fingerprint density at radius 2 is 1.32 bits per heavy atom. The predicted molar refractivity (Wildman–Crippen MR) is 151 cm³/mol. The average Bonchev–Trinajstić information content (AvgIpc) is 3.54. The molecule has 0 spiro atoms. The molecule has 0 aromatic heterocycles. The van der Waals surface area contributed by atoms with Crippen LogP contribution in [0.3, 0.4) is 0 Å². The van der Waals surface area contributed by atoms with Crippen molar-refractivity contribution >= 4 is 3.21 Å². The molecule has 0 saturated heterocycles. The van der Waals surface area contributed by atoms with Crippen LogP contribution in [0.15, 0.2) is 113 Å². The second-order valence-electron chi connectivity index (χ2n) is 10.1. The van der Waals surface area contributed by atoms with Gasteiger partial charge in [-0.3, -0.25) is 0 Å². The molecule has 0 bridgehead atoms. The second kappa shape index (κ2) is 12.3. The summed E-state index contributed by atoms with van der Waals surface area (Å²) in [6, 6.07) is 35.0. The van der Waals surface area contributed by atoms with Crippen LogP contribution in [-0.4, -0.2) is 3.21 Å². The SMILES string of the molecule is CCc1ccc(/[C](c2ccccc2)=[Zr+2](/[C]2=CC=CC2)[CH]2c3cc(C)ccc3-c3ccc(C)cc32)cc1.[Cl-].[Cl-]. The van der Waals surface area contributed by atoms with E-state index in [4.69, 9.17) is 0 Å². The molecule has 0 atom stereocenters. The van der Waals surface area contributed by atoms with Crippen molar-refractivity contribution in [2.75, 3.05) is 0 Å². The van der Waals surface area contributed by atoms with E-state index in [0.717, 1.165) is 12.8 Å². The van der Waals surface area contributed by atoms with Gasteiger partial charge >= 0.3 is 224 Å². The van der Waals surface area contributed by atoms with Crippen LogP contribution in [0.25, 0.3) is 11.1 Å². The number of hydrogen-bond donors (Lipinski definition) is 0. The van der Waals surface area contributed by atoms with E-state index in [0.29, 0.717) is 3.63 Å². The van der Waals surface area contributed by atoms with E-state index < -0.39 is 21.3 Å². The molecule has 3 heteroatoms. The molecule has 0 unspecified atom stereocenters. The van der Waals surface area contributed by atoms with Crippen LogP contribution < -0.4 is 24.8 Å². The third-order valence-corrected chi connectivity index (χ3v) is 16.0. The van der Waals surface area contributed by atoms with E-state index in [2.05, 4.69) is 130 Å². The molecule has 0 amide bonds. The Labute approximate surface area is 247 Å². The molecule has 0 fully saturated rings. The van der Waals surface area contributed by atoms with Gasteiger partial charge in [0, 0.05) is 0 Å². The fourth-order valence-electron chi connectivity index (χ4n) is 5.94. The van der Waals surface area contributed by atoms with E-state index >= 15 is 0 Å². The zero-order chi connectivity index (χ0) is 24.6. The third kappa shape index (κ3) is 5.27. The number of benzene rings is 4. The first-order chi connectivity index (χ1) is 17.6. The molecule has 0 saturated carbocycles. The zero-order valence-electron chi connectivity index (χ0n) is 22.1. The second-order valence-corrected chi connectivity index (χ2v) is 16.4. The summed E-state index contributed by atoms with van der Waals surface area (Å²) in [7, 11) is 0. The van der Waals surface area contributed by atoms with E-state index in [9.17, 15) is 0 Å². The molecular formula is C35H32Cl2Zr. The predicted octanol–water partition coefficient (Wildman–Crippen LogP) is 2.67. The Balaban J connectivity index is 0.00000168. The molecule has 0 aliphatic heterocycles. The van der Waals surface area contributed by atoms with Crippen molar-refractivity contribution in [2.24, 2.45) is 0 Å². The summed E-state index contributed by atoms with van der Waals surface area (Å²) in [5.41, 5.74) is 12.9.